The predicted molar refractivity (Wildman–Crippen MR) is 126 cm³/mol. The number of aliphatic hydroxyl groups excluding tert-OH is 2. The molecule has 4 nitrogen and oxygen atoms in total. The summed E-state index contributed by atoms with van der Waals surface area (Å²) in [5, 5.41) is 25.4. The van der Waals surface area contributed by atoms with E-state index >= 15 is 0 Å². The highest BCUT2D eigenvalue weighted by atomic mass is 16.3. The second-order valence-corrected chi connectivity index (χ2v) is 13.2. The highest BCUT2D eigenvalue weighted by Crippen LogP contribution is 2.87. The van der Waals surface area contributed by atoms with Crippen molar-refractivity contribution in [2.24, 2.45) is 44.8 Å². The molecule has 4 saturated carbocycles. The van der Waals surface area contributed by atoms with Crippen molar-refractivity contribution in [3.8, 4) is 0 Å². The molecule has 11 atom stereocenters. The lowest BCUT2D eigenvalue weighted by atomic mass is 9.43. The molecule has 0 saturated heterocycles. The molecule has 0 bridgehead atoms. The van der Waals surface area contributed by atoms with Crippen LogP contribution in [0.5, 0.6) is 0 Å². The van der Waals surface area contributed by atoms with Gasteiger partial charge in [0.15, 0.2) is 0 Å². The first-order valence-corrected chi connectivity index (χ1v) is 12.8. The van der Waals surface area contributed by atoms with E-state index in [4.69, 9.17) is 0 Å². The van der Waals surface area contributed by atoms with Crippen LogP contribution in [0.25, 0.3) is 0 Å². The van der Waals surface area contributed by atoms with Crippen LogP contribution in [0.3, 0.4) is 0 Å². The fourth-order valence-corrected chi connectivity index (χ4v) is 10.7. The van der Waals surface area contributed by atoms with Crippen molar-refractivity contribution in [1.29, 1.82) is 0 Å². The zero-order valence-electron chi connectivity index (χ0n) is 20.9. The highest BCUT2D eigenvalue weighted by molar-refractivity contribution is 5.37. The standard InChI is InChI=1S/C27H46N2O2/c1-17(28-5)22-18(31)14-25(4)20-9-8-19-23(2,16-30)21(29(6)7)10-11-26(19)15-27(20,26)13-12-24(22,25)3/h8-9,17-22,28,30-31H,10-16H2,1-7H3/t17-,18+,19-,20-,21+,22-,23-,24+,25-,26+,27-/m0/s1. The van der Waals surface area contributed by atoms with Crippen LogP contribution in [0.1, 0.15) is 66.2 Å². The first-order valence-electron chi connectivity index (χ1n) is 12.8. The normalized spacial score (nSPS) is 58.3. The number of nitrogens with one attached hydrogen (secondary N) is 1. The number of fused-ring (bicyclic) bond motifs is 2. The summed E-state index contributed by atoms with van der Waals surface area (Å²) in [6.45, 7) is 9.87. The van der Waals surface area contributed by atoms with E-state index in [0.717, 1.165) is 6.42 Å². The zero-order chi connectivity index (χ0) is 22.6. The van der Waals surface area contributed by atoms with Gasteiger partial charge >= 0.3 is 0 Å². The maximum absolute atomic E-state index is 11.3. The molecule has 0 aromatic heterocycles. The topological polar surface area (TPSA) is 55.7 Å². The van der Waals surface area contributed by atoms with Crippen molar-refractivity contribution in [3.05, 3.63) is 12.2 Å². The number of nitrogens with zero attached hydrogens (tertiary/aromatic N) is 1. The van der Waals surface area contributed by atoms with Crippen LogP contribution in [0.2, 0.25) is 0 Å². The molecule has 176 valence electrons. The Balaban J connectivity index is 1.57. The van der Waals surface area contributed by atoms with Gasteiger partial charge in [0, 0.05) is 23.4 Å². The van der Waals surface area contributed by atoms with E-state index in [2.05, 4.69) is 64.2 Å². The van der Waals surface area contributed by atoms with Gasteiger partial charge in [-0.3, -0.25) is 0 Å². The summed E-state index contributed by atoms with van der Waals surface area (Å²) in [4.78, 5) is 2.36. The van der Waals surface area contributed by atoms with Gasteiger partial charge in [-0.2, -0.15) is 0 Å². The Morgan fingerprint density at radius 3 is 2.29 bits per heavy atom. The third-order valence-electron chi connectivity index (χ3n) is 12.3. The lowest BCUT2D eigenvalue weighted by molar-refractivity contribution is -0.116. The molecule has 0 radical (unpaired) electrons. The zero-order valence-corrected chi connectivity index (χ0v) is 20.9. The van der Waals surface area contributed by atoms with Gasteiger partial charge in [0.25, 0.3) is 0 Å². The molecule has 0 aliphatic heterocycles. The van der Waals surface area contributed by atoms with Crippen LogP contribution in [0.15, 0.2) is 12.2 Å². The Labute approximate surface area is 189 Å². The first kappa shape index (κ1) is 22.4. The Kier molecular flexibility index (Phi) is 4.75. The van der Waals surface area contributed by atoms with E-state index in [0.29, 0.717) is 40.7 Å². The van der Waals surface area contributed by atoms with Crippen molar-refractivity contribution < 1.29 is 10.2 Å². The molecule has 0 aromatic rings. The van der Waals surface area contributed by atoms with Gasteiger partial charge in [0.2, 0.25) is 0 Å². The van der Waals surface area contributed by atoms with Crippen LogP contribution in [-0.4, -0.2) is 61.1 Å². The van der Waals surface area contributed by atoms with Crippen molar-refractivity contribution in [3.63, 3.8) is 0 Å². The van der Waals surface area contributed by atoms with E-state index in [1.165, 1.54) is 32.1 Å². The van der Waals surface area contributed by atoms with Gasteiger partial charge in [0.1, 0.15) is 0 Å². The van der Waals surface area contributed by atoms with E-state index in [1.54, 1.807) is 0 Å². The minimum absolute atomic E-state index is 0.0766. The number of hydrogen-bond donors (Lipinski definition) is 3. The van der Waals surface area contributed by atoms with Gasteiger partial charge in [0.05, 0.1) is 12.7 Å². The first-order chi connectivity index (χ1) is 14.5. The molecule has 31 heavy (non-hydrogen) atoms. The molecule has 5 aliphatic rings. The number of aliphatic hydroxyl groups is 2. The monoisotopic (exact) mass is 430 g/mol. The smallest absolute Gasteiger partial charge is 0.0594 e. The summed E-state index contributed by atoms with van der Waals surface area (Å²) in [5.41, 5.74) is 0.962. The molecule has 0 aromatic carbocycles. The van der Waals surface area contributed by atoms with Crippen molar-refractivity contribution in [2.75, 3.05) is 27.7 Å². The summed E-state index contributed by atoms with van der Waals surface area (Å²) >= 11 is 0. The largest absolute Gasteiger partial charge is 0.396 e. The average Bonchev–Trinajstić information content (AvgIpc) is 3.32. The second-order valence-electron chi connectivity index (χ2n) is 13.2. The molecule has 4 fully saturated rings. The summed E-state index contributed by atoms with van der Waals surface area (Å²) in [6.07, 6.45) is 12.2. The summed E-state index contributed by atoms with van der Waals surface area (Å²) < 4.78 is 0. The van der Waals surface area contributed by atoms with Crippen molar-refractivity contribution in [2.45, 2.75) is 84.4 Å². The summed E-state index contributed by atoms with van der Waals surface area (Å²) in [5.74, 6) is 1.33. The van der Waals surface area contributed by atoms with Crippen LogP contribution in [0.4, 0.5) is 0 Å². The molecule has 3 N–H and O–H groups in total. The predicted octanol–water partition coefficient (Wildman–Crippen LogP) is 3.68. The Bertz CT molecular complexity index is 783. The Morgan fingerprint density at radius 1 is 1.03 bits per heavy atom. The van der Waals surface area contributed by atoms with E-state index in [1.807, 2.05) is 7.05 Å². The molecule has 0 amide bonds. The van der Waals surface area contributed by atoms with Crippen molar-refractivity contribution in [1.82, 2.24) is 10.2 Å². The molecule has 0 heterocycles. The average molecular weight is 431 g/mol. The molecule has 5 aliphatic carbocycles. The summed E-state index contributed by atoms with van der Waals surface area (Å²) in [7, 11) is 6.41. The SMILES string of the molecule is CN[C@@H](C)[C@H]1[C@H](O)C[C@@]2(C)[C@@H]3C=C[C@H]4[C@](C)(CO)[C@H](N(C)C)CC[C@@]45C[C@@]35CC[C@]12C. The maximum atomic E-state index is 11.3. The van der Waals surface area contributed by atoms with Gasteiger partial charge in [-0.1, -0.05) is 32.9 Å². The lowest BCUT2D eigenvalue weighted by Gasteiger charge is -2.62. The number of allylic oxidation sites excluding steroid dienone is 2. The van der Waals surface area contributed by atoms with Gasteiger partial charge in [-0.15, -0.1) is 0 Å². The molecule has 5 rings (SSSR count). The van der Waals surface area contributed by atoms with Crippen LogP contribution in [-0.2, 0) is 0 Å². The quantitative estimate of drug-likeness (QED) is 0.596. The van der Waals surface area contributed by atoms with E-state index in [9.17, 15) is 10.2 Å². The second kappa shape index (κ2) is 6.58. The van der Waals surface area contributed by atoms with Crippen molar-refractivity contribution >= 4 is 0 Å². The van der Waals surface area contributed by atoms with Gasteiger partial charge in [-0.25, -0.2) is 0 Å². The molecule has 2 spiro atoms. The third kappa shape index (κ3) is 2.36. The Morgan fingerprint density at radius 2 is 1.68 bits per heavy atom. The molecular weight excluding hydrogens is 384 g/mol. The van der Waals surface area contributed by atoms with Gasteiger partial charge < -0.3 is 20.4 Å². The molecule has 4 heteroatoms. The van der Waals surface area contributed by atoms with Crippen LogP contribution in [0, 0.1) is 44.8 Å². The fourth-order valence-electron chi connectivity index (χ4n) is 10.7. The molecule has 0 unspecified atom stereocenters. The van der Waals surface area contributed by atoms with E-state index < -0.39 is 0 Å². The molecular formula is C27H46N2O2. The maximum Gasteiger partial charge on any atom is 0.0594 e. The minimum atomic E-state index is -0.222. The van der Waals surface area contributed by atoms with E-state index in [-0.39, 0.29) is 29.0 Å². The lowest BCUT2D eigenvalue weighted by Crippen LogP contribution is -2.60. The Hall–Kier alpha value is -0.420. The van der Waals surface area contributed by atoms with Crippen LogP contribution < -0.4 is 5.32 Å². The van der Waals surface area contributed by atoms with Gasteiger partial charge in [-0.05, 0) is 100 Å². The number of rotatable bonds is 4. The summed E-state index contributed by atoms with van der Waals surface area (Å²) in [6, 6.07) is 0.767. The minimum Gasteiger partial charge on any atom is -0.396 e. The highest BCUT2D eigenvalue weighted by Gasteiger charge is 2.82. The fraction of sp³-hybridized carbons (Fsp3) is 0.926. The van der Waals surface area contributed by atoms with Crippen LogP contribution >= 0.6 is 0 Å². The third-order valence-corrected chi connectivity index (χ3v) is 12.3. The number of hydrogen-bond acceptors (Lipinski definition) is 4.